The molecule has 4 nitrogen and oxygen atoms in total. The molecular weight excluding hydrogens is 196 g/mol. The third-order valence-corrected chi connectivity index (χ3v) is 2.08. The molecule has 0 aromatic rings. The number of methoxy groups -OCH3 is 1. The predicted molar refractivity (Wildman–Crippen MR) is 58.6 cm³/mol. The number of hydrogen-bond acceptors (Lipinski definition) is 3. The molecule has 0 bridgehead atoms. The topological polar surface area (TPSA) is 63.6 Å². The normalized spacial score (nSPS) is 13.1. The molecule has 90 valence electrons. The van der Waals surface area contributed by atoms with Gasteiger partial charge in [0.15, 0.2) is 0 Å². The monoisotopic (exact) mass is 218 g/mol. The van der Waals surface area contributed by atoms with E-state index >= 15 is 0 Å². The van der Waals surface area contributed by atoms with Crippen LogP contribution in [0.1, 0.15) is 40.5 Å². The summed E-state index contributed by atoms with van der Waals surface area (Å²) >= 11 is 0. The standard InChI is InChI=1S/C9H16O4.C2H6/c1-4-7(8(10)11)5-6(2)9(12)13-3;1-2/h6-7H,4-5H2,1-3H3,(H,10,11);1-2H3. The van der Waals surface area contributed by atoms with Crippen molar-refractivity contribution in [3.8, 4) is 0 Å². The minimum absolute atomic E-state index is 0.342. The van der Waals surface area contributed by atoms with Gasteiger partial charge in [0.25, 0.3) is 0 Å². The number of esters is 1. The zero-order valence-corrected chi connectivity index (χ0v) is 10.2. The van der Waals surface area contributed by atoms with Crippen molar-refractivity contribution in [2.45, 2.75) is 40.5 Å². The van der Waals surface area contributed by atoms with Crippen LogP contribution in [0.5, 0.6) is 0 Å². The number of rotatable bonds is 5. The molecule has 0 fully saturated rings. The van der Waals surface area contributed by atoms with Gasteiger partial charge in [-0.3, -0.25) is 9.59 Å². The van der Waals surface area contributed by atoms with Crippen LogP contribution in [-0.4, -0.2) is 24.2 Å². The van der Waals surface area contributed by atoms with Gasteiger partial charge in [-0.2, -0.15) is 0 Å². The molecule has 0 aliphatic heterocycles. The lowest BCUT2D eigenvalue weighted by molar-refractivity contribution is -0.147. The highest BCUT2D eigenvalue weighted by atomic mass is 16.5. The van der Waals surface area contributed by atoms with E-state index in [1.807, 2.05) is 13.8 Å². The highest BCUT2D eigenvalue weighted by Gasteiger charge is 2.22. The molecule has 0 aliphatic carbocycles. The van der Waals surface area contributed by atoms with Crippen molar-refractivity contribution in [1.82, 2.24) is 0 Å². The van der Waals surface area contributed by atoms with E-state index in [9.17, 15) is 9.59 Å². The largest absolute Gasteiger partial charge is 0.481 e. The molecule has 0 aromatic heterocycles. The first-order valence-electron chi connectivity index (χ1n) is 5.33. The van der Waals surface area contributed by atoms with Crippen LogP contribution in [0.4, 0.5) is 0 Å². The highest BCUT2D eigenvalue weighted by molar-refractivity contribution is 5.74. The number of carbonyl (C=O) groups excluding carboxylic acids is 1. The van der Waals surface area contributed by atoms with Crippen molar-refractivity contribution in [1.29, 1.82) is 0 Å². The summed E-state index contributed by atoms with van der Waals surface area (Å²) in [6, 6.07) is 0. The van der Waals surface area contributed by atoms with Crippen LogP contribution in [0.3, 0.4) is 0 Å². The summed E-state index contributed by atoms with van der Waals surface area (Å²) in [5.74, 6) is -1.99. The Kier molecular flexibility index (Phi) is 10.4. The molecule has 0 radical (unpaired) electrons. The average molecular weight is 218 g/mol. The summed E-state index contributed by atoms with van der Waals surface area (Å²) in [6.07, 6.45) is 0.884. The van der Waals surface area contributed by atoms with Gasteiger partial charge in [0, 0.05) is 0 Å². The fourth-order valence-corrected chi connectivity index (χ4v) is 1.17. The van der Waals surface area contributed by atoms with E-state index in [4.69, 9.17) is 5.11 Å². The quantitative estimate of drug-likeness (QED) is 0.719. The predicted octanol–water partition coefficient (Wildman–Crippen LogP) is 2.32. The Morgan fingerprint density at radius 3 is 2.07 bits per heavy atom. The van der Waals surface area contributed by atoms with Crippen LogP contribution in [0.25, 0.3) is 0 Å². The summed E-state index contributed by atoms with van der Waals surface area (Å²) in [7, 11) is 1.31. The van der Waals surface area contributed by atoms with Crippen LogP contribution in [0.2, 0.25) is 0 Å². The van der Waals surface area contributed by atoms with Crippen LogP contribution in [0.15, 0.2) is 0 Å². The molecule has 0 amide bonds. The first-order valence-corrected chi connectivity index (χ1v) is 5.33. The average Bonchev–Trinajstić information content (AvgIpc) is 2.26. The van der Waals surface area contributed by atoms with Gasteiger partial charge in [-0.05, 0) is 12.8 Å². The highest BCUT2D eigenvalue weighted by Crippen LogP contribution is 2.16. The number of ether oxygens (including phenoxy) is 1. The minimum atomic E-state index is -0.849. The molecule has 1 N–H and O–H groups in total. The number of hydrogen-bond donors (Lipinski definition) is 1. The summed E-state index contributed by atoms with van der Waals surface area (Å²) in [5, 5.41) is 8.72. The number of carboxylic acids is 1. The lowest BCUT2D eigenvalue weighted by atomic mass is 9.94. The van der Waals surface area contributed by atoms with Gasteiger partial charge >= 0.3 is 11.9 Å². The smallest absolute Gasteiger partial charge is 0.308 e. The third kappa shape index (κ3) is 6.94. The SMILES string of the molecule is CC.CCC(CC(C)C(=O)OC)C(=O)O. The zero-order chi connectivity index (χ0) is 12.4. The van der Waals surface area contributed by atoms with Crippen LogP contribution >= 0.6 is 0 Å². The van der Waals surface area contributed by atoms with Crippen LogP contribution in [-0.2, 0) is 14.3 Å². The van der Waals surface area contributed by atoms with Gasteiger partial charge in [-0.25, -0.2) is 0 Å². The lowest BCUT2D eigenvalue weighted by Crippen LogP contribution is -2.21. The number of carboxylic acid groups (broad SMARTS) is 1. The van der Waals surface area contributed by atoms with Crippen molar-refractivity contribution in [2.75, 3.05) is 7.11 Å². The lowest BCUT2D eigenvalue weighted by Gasteiger charge is -2.13. The molecule has 2 atom stereocenters. The minimum Gasteiger partial charge on any atom is -0.481 e. The van der Waals surface area contributed by atoms with Crippen molar-refractivity contribution in [3.05, 3.63) is 0 Å². The maximum absolute atomic E-state index is 11.0. The Morgan fingerprint density at radius 1 is 1.33 bits per heavy atom. The first-order chi connectivity index (χ1) is 7.02. The molecule has 0 aromatic carbocycles. The summed E-state index contributed by atoms with van der Waals surface area (Å²) < 4.78 is 4.51. The van der Waals surface area contributed by atoms with Gasteiger partial charge in [0.2, 0.25) is 0 Å². The van der Waals surface area contributed by atoms with E-state index < -0.39 is 11.9 Å². The molecule has 0 rings (SSSR count). The molecule has 0 heterocycles. The molecule has 0 spiro atoms. The Hall–Kier alpha value is -1.06. The Morgan fingerprint density at radius 2 is 1.80 bits per heavy atom. The first kappa shape index (κ1) is 16.4. The number of carbonyl (C=O) groups is 2. The maximum Gasteiger partial charge on any atom is 0.308 e. The van der Waals surface area contributed by atoms with E-state index in [0.29, 0.717) is 12.8 Å². The molecular formula is C11H22O4. The Labute approximate surface area is 91.6 Å². The molecule has 0 saturated heterocycles. The van der Waals surface area contributed by atoms with Gasteiger partial charge < -0.3 is 9.84 Å². The van der Waals surface area contributed by atoms with Crippen molar-refractivity contribution < 1.29 is 19.4 Å². The van der Waals surface area contributed by atoms with Gasteiger partial charge in [-0.15, -0.1) is 0 Å². The molecule has 0 saturated carbocycles. The Bertz CT molecular complexity index is 189. The second-order valence-corrected chi connectivity index (χ2v) is 3.10. The van der Waals surface area contributed by atoms with Gasteiger partial charge in [-0.1, -0.05) is 27.7 Å². The fraction of sp³-hybridized carbons (Fsp3) is 0.818. The second-order valence-electron chi connectivity index (χ2n) is 3.10. The number of aliphatic carboxylic acids is 1. The maximum atomic E-state index is 11.0. The van der Waals surface area contributed by atoms with Crippen LogP contribution < -0.4 is 0 Å². The van der Waals surface area contributed by atoms with E-state index in [0.717, 1.165) is 0 Å². The summed E-state index contributed by atoms with van der Waals surface area (Å²) in [6.45, 7) is 7.47. The molecule has 2 unspecified atom stereocenters. The van der Waals surface area contributed by atoms with Crippen LogP contribution in [0, 0.1) is 11.8 Å². The van der Waals surface area contributed by atoms with Gasteiger partial charge in [0.05, 0.1) is 18.9 Å². The fourth-order valence-electron chi connectivity index (χ4n) is 1.17. The second kappa shape index (κ2) is 9.49. The van der Waals surface area contributed by atoms with Gasteiger partial charge in [0.1, 0.15) is 0 Å². The third-order valence-electron chi connectivity index (χ3n) is 2.08. The van der Waals surface area contributed by atoms with E-state index in [2.05, 4.69) is 4.74 Å². The van der Waals surface area contributed by atoms with Crippen molar-refractivity contribution in [2.24, 2.45) is 11.8 Å². The van der Waals surface area contributed by atoms with Crippen molar-refractivity contribution in [3.63, 3.8) is 0 Å². The molecule has 4 heteroatoms. The molecule has 0 aliphatic rings. The van der Waals surface area contributed by atoms with E-state index in [1.54, 1.807) is 13.8 Å². The summed E-state index contributed by atoms with van der Waals surface area (Å²) in [5.41, 5.74) is 0. The van der Waals surface area contributed by atoms with E-state index in [-0.39, 0.29) is 11.9 Å². The van der Waals surface area contributed by atoms with Crippen molar-refractivity contribution >= 4 is 11.9 Å². The molecule has 15 heavy (non-hydrogen) atoms. The zero-order valence-electron chi connectivity index (χ0n) is 10.2. The summed E-state index contributed by atoms with van der Waals surface area (Å²) in [4.78, 5) is 21.6. The Balaban J connectivity index is 0. The van der Waals surface area contributed by atoms with E-state index in [1.165, 1.54) is 7.11 Å².